The Morgan fingerprint density at radius 1 is 1.28 bits per heavy atom. The summed E-state index contributed by atoms with van der Waals surface area (Å²) in [5.74, 6) is -0.201. The SMILES string of the molecule is CCn1cncc1C(=O)N[C@@H](Cc1cc(=O)[nH]c(N2CCOCC2)n1)c1ccc(F)cc1. The number of ether oxygens (including phenoxy) is 1. The minimum Gasteiger partial charge on any atom is -0.378 e. The van der Waals surface area contributed by atoms with Crippen molar-refractivity contribution in [1.82, 2.24) is 24.8 Å². The van der Waals surface area contributed by atoms with Gasteiger partial charge < -0.3 is 19.5 Å². The van der Waals surface area contributed by atoms with Crippen LogP contribution in [0.15, 0.2) is 47.7 Å². The maximum atomic E-state index is 13.5. The number of carbonyl (C=O) groups is 1. The van der Waals surface area contributed by atoms with Crippen LogP contribution in [0.3, 0.4) is 0 Å². The molecule has 1 atom stereocenters. The molecule has 2 aromatic heterocycles. The van der Waals surface area contributed by atoms with Crippen molar-refractivity contribution in [2.24, 2.45) is 0 Å². The first-order valence-corrected chi connectivity index (χ1v) is 10.5. The second kappa shape index (κ2) is 9.73. The molecule has 32 heavy (non-hydrogen) atoms. The molecule has 0 aliphatic carbocycles. The molecule has 2 N–H and O–H groups in total. The number of hydrogen-bond acceptors (Lipinski definition) is 6. The van der Waals surface area contributed by atoms with Crippen molar-refractivity contribution in [1.29, 1.82) is 0 Å². The summed E-state index contributed by atoms with van der Waals surface area (Å²) < 4.78 is 20.6. The lowest BCUT2D eigenvalue weighted by Gasteiger charge is -2.27. The van der Waals surface area contributed by atoms with E-state index < -0.39 is 6.04 Å². The number of carbonyl (C=O) groups excluding carboxylic acids is 1. The Labute approximate surface area is 184 Å². The zero-order chi connectivity index (χ0) is 22.5. The number of morpholine rings is 1. The lowest BCUT2D eigenvalue weighted by atomic mass is 10.0. The number of aromatic nitrogens is 4. The van der Waals surface area contributed by atoms with Crippen LogP contribution in [0.25, 0.3) is 0 Å². The number of halogens is 1. The van der Waals surface area contributed by atoms with Crippen LogP contribution >= 0.6 is 0 Å². The zero-order valence-electron chi connectivity index (χ0n) is 17.8. The molecule has 4 rings (SSSR count). The third-order valence-electron chi connectivity index (χ3n) is 5.37. The van der Waals surface area contributed by atoms with Crippen molar-refractivity contribution < 1.29 is 13.9 Å². The number of rotatable bonds is 7. The van der Waals surface area contributed by atoms with Gasteiger partial charge in [0.05, 0.1) is 37.5 Å². The van der Waals surface area contributed by atoms with Crippen LogP contribution in [0.2, 0.25) is 0 Å². The minimum atomic E-state index is -0.518. The first-order valence-electron chi connectivity index (χ1n) is 10.5. The van der Waals surface area contributed by atoms with Crippen molar-refractivity contribution in [3.8, 4) is 0 Å². The summed E-state index contributed by atoms with van der Waals surface area (Å²) in [7, 11) is 0. The number of imidazole rings is 1. The lowest BCUT2D eigenvalue weighted by Crippen LogP contribution is -2.38. The van der Waals surface area contributed by atoms with Crippen LogP contribution in [0.1, 0.15) is 34.7 Å². The molecule has 9 nitrogen and oxygen atoms in total. The van der Waals surface area contributed by atoms with E-state index in [0.29, 0.717) is 55.7 Å². The van der Waals surface area contributed by atoms with Gasteiger partial charge >= 0.3 is 0 Å². The number of nitrogens with one attached hydrogen (secondary N) is 2. The van der Waals surface area contributed by atoms with E-state index in [-0.39, 0.29) is 23.7 Å². The Morgan fingerprint density at radius 2 is 2.03 bits per heavy atom. The Bertz CT molecular complexity index is 1120. The van der Waals surface area contributed by atoms with E-state index in [2.05, 4.69) is 20.3 Å². The lowest BCUT2D eigenvalue weighted by molar-refractivity contribution is 0.0927. The number of anilines is 1. The predicted molar refractivity (Wildman–Crippen MR) is 116 cm³/mol. The van der Waals surface area contributed by atoms with E-state index >= 15 is 0 Å². The number of benzene rings is 1. The fourth-order valence-electron chi connectivity index (χ4n) is 3.67. The highest BCUT2D eigenvalue weighted by molar-refractivity contribution is 5.92. The molecule has 0 unspecified atom stereocenters. The van der Waals surface area contributed by atoms with Gasteiger partial charge in [0, 0.05) is 32.1 Å². The van der Waals surface area contributed by atoms with Gasteiger partial charge in [-0.05, 0) is 24.6 Å². The van der Waals surface area contributed by atoms with E-state index in [1.54, 1.807) is 23.0 Å². The molecule has 0 saturated carbocycles. The van der Waals surface area contributed by atoms with Gasteiger partial charge in [-0.1, -0.05) is 12.1 Å². The zero-order valence-corrected chi connectivity index (χ0v) is 17.8. The first kappa shape index (κ1) is 21.7. The summed E-state index contributed by atoms with van der Waals surface area (Å²) in [5, 5.41) is 2.99. The van der Waals surface area contributed by atoms with E-state index in [0.717, 1.165) is 0 Å². The third kappa shape index (κ3) is 5.02. The molecular weight excluding hydrogens is 415 g/mol. The number of aryl methyl sites for hydroxylation is 1. The standard InChI is InChI=1S/C22H25FN6O3/c1-2-28-14-24-13-19(28)21(31)26-18(15-3-5-16(23)6-4-15)11-17-12-20(30)27-22(25-17)29-7-9-32-10-8-29/h3-6,12-14,18H,2,7-11H2,1H3,(H,26,31)(H,25,27,30)/t18-/m0/s1. The van der Waals surface area contributed by atoms with Gasteiger partial charge in [0.25, 0.3) is 11.5 Å². The minimum absolute atomic E-state index is 0.263. The summed E-state index contributed by atoms with van der Waals surface area (Å²) in [6, 6.07) is 6.82. The van der Waals surface area contributed by atoms with Crippen molar-refractivity contribution in [3.63, 3.8) is 0 Å². The summed E-state index contributed by atoms with van der Waals surface area (Å²) in [5.41, 5.74) is 1.38. The van der Waals surface area contributed by atoms with E-state index in [9.17, 15) is 14.0 Å². The average molecular weight is 440 g/mol. The average Bonchev–Trinajstić information content (AvgIpc) is 3.28. The highest BCUT2D eigenvalue weighted by atomic mass is 19.1. The number of amides is 1. The Hall–Kier alpha value is -3.53. The predicted octanol–water partition coefficient (Wildman–Crippen LogP) is 1.68. The van der Waals surface area contributed by atoms with Crippen LogP contribution in [0.5, 0.6) is 0 Å². The molecule has 168 valence electrons. The molecular formula is C22H25FN6O3. The first-order chi connectivity index (χ1) is 15.5. The van der Waals surface area contributed by atoms with E-state index in [1.165, 1.54) is 24.4 Å². The summed E-state index contributed by atoms with van der Waals surface area (Å²) >= 11 is 0. The smallest absolute Gasteiger partial charge is 0.270 e. The van der Waals surface area contributed by atoms with Crippen LogP contribution in [0, 0.1) is 5.82 Å². The van der Waals surface area contributed by atoms with Gasteiger partial charge in [-0.2, -0.15) is 0 Å². The molecule has 0 radical (unpaired) electrons. The van der Waals surface area contributed by atoms with Crippen LogP contribution < -0.4 is 15.8 Å². The Kier molecular flexibility index (Phi) is 6.60. The largest absolute Gasteiger partial charge is 0.378 e. The Balaban J connectivity index is 1.62. The highest BCUT2D eigenvalue weighted by Crippen LogP contribution is 2.20. The molecule has 1 fully saturated rings. The maximum absolute atomic E-state index is 13.5. The summed E-state index contributed by atoms with van der Waals surface area (Å²) in [6.07, 6.45) is 3.36. The number of hydrogen-bond donors (Lipinski definition) is 2. The molecule has 10 heteroatoms. The second-order valence-electron chi connectivity index (χ2n) is 7.51. The van der Waals surface area contributed by atoms with Gasteiger partial charge in [0.2, 0.25) is 5.95 Å². The molecule has 1 aliphatic heterocycles. The molecule has 1 saturated heterocycles. The molecule has 1 aromatic carbocycles. The van der Waals surface area contributed by atoms with Gasteiger partial charge in [-0.15, -0.1) is 0 Å². The van der Waals surface area contributed by atoms with Gasteiger partial charge in [-0.25, -0.2) is 14.4 Å². The van der Waals surface area contributed by atoms with E-state index in [1.807, 2.05) is 11.8 Å². The fourth-order valence-corrected chi connectivity index (χ4v) is 3.67. The Morgan fingerprint density at radius 3 is 2.75 bits per heavy atom. The monoisotopic (exact) mass is 440 g/mol. The van der Waals surface area contributed by atoms with Gasteiger partial charge in [0.1, 0.15) is 11.5 Å². The normalized spacial score (nSPS) is 14.9. The summed E-state index contributed by atoms with van der Waals surface area (Å²) in [4.78, 5) is 38.6. The molecule has 1 aliphatic rings. The van der Waals surface area contributed by atoms with Crippen LogP contribution in [-0.4, -0.2) is 51.7 Å². The second-order valence-corrected chi connectivity index (χ2v) is 7.51. The van der Waals surface area contributed by atoms with Crippen LogP contribution in [-0.2, 0) is 17.7 Å². The van der Waals surface area contributed by atoms with Crippen molar-refractivity contribution >= 4 is 11.9 Å². The van der Waals surface area contributed by atoms with Gasteiger partial charge in [-0.3, -0.25) is 14.6 Å². The molecule has 3 aromatic rings. The number of nitrogens with zero attached hydrogens (tertiary/aromatic N) is 4. The number of aromatic amines is 1. The van der Waals surface area contributed by atoms with Gasteiger partial charge in [0.15, 0.2) is 0 Å². The quantitative estimate of drug-likeness (QED) is 0.579. The fraction of sp³-hybridized carbons (Fsp3) is 0.364. The van der Waals surface area contributed by atoms with E-state index in [4.69, 9.17) is 4.74 Å². The molecule has 0 spiro atoms. The molecule has 0 bridgehead atoms. The van der Waals surface area contributed by atoms with Crippen molar-refractivity contribution in [3.05, 3.63) is 76.0 Å². The molecule has 1 amide bonds. The van der Waals surface area contributed by atoms with Crippen LogP contribution in [0.4, 0.5) is 10.3 Å². The molecule has 3 heterocycles. The third-order valence-corrected chi connectivity index (χ3v) is 5.37. The summed E-state index contributed by atoms with van der Waals surface area (Å²) in [6.45, 7) is 4.91. The van der Waals surface area contributed by atoms with Crippen molar-refractivity contribution in [2.45, 2.75) is 25.9 Å². The highest BCUT2D eigenvalue weighted by Gasteiger charge is 2.21. The topological polar surface area (TPSA) is 105 Å². The number of H-pyrrole nitrogens is 1. The van der Waals surface area contributed by atoms with Crippen molar-refractivity contribution in [2.75, 3.05) is 31.2 Å². The maximum Gasteiger partial charge on any atom is 0.270 e.